The lowest BCUT2D eigenvalue weighted by Gasteiger charge is -2.18. The molecule has 0 radical (unpaired) electrons. The Morgan fingerprint density at radius 2 is 2.11 bits per heavy atom. The smallest absolute Gasteiger partial charge is 0.387 e. The minimum Gasteiger partial charge on any atom is -0.435 e. The molecule has 0 amide bonds. The van der Waals surface area contributed by atoms with Crippen LogP contribution in [0.1, 0.15) is 19.9 Å². The number of rotatable bonds is 5. The zero-order valence-corrected chi connectivity index (χ0v) is 10.6. The van der Waals surface area contributed by atoms with Crippen molar-refractivity contribution in [2.45, 2.75) is 26.5 Å². The number of ether oxygens (including phenoxy) is 1. The molecular formula is C12H15F2N3O2. The first kappa shape index (κ1) is 13.7. The van der Waals surface area contributed by atoms with Crippen LogP contribution in [-0.2, 0) is 0 Å². The monoisotopic (exact) mass is 271 g/mol. The summed E-state index contributed by atoms with van der Waals surface area (Å²) in [6.07, 6.45) is 0. The fourth-order valence-electron chi connectivity index (χ4n) is 1.91. The van der Waals surface area contributed by atoms with Gasteiger partial charge in [0.25, 0.3) is 0 Å². The second-order valence-electron chi connectivity index (χ2n) is 4.56. The van der Waals surface area contributed by atoms with Crippen LogP contribution in [-0.4, -0.2) is 33.3 Å². The zero-order valence-electron chi connectivity index (χ0n) is 10.6. The van der Waals surface area contributed by atoms with Gasteiger partial charge in [0.2, 0.25) is 0 Å². The van der Waals surface area contributed by atoms with Crippen molar-refractivity contribution in [3.8, 4) is 5.75 Å². The van der Waals surface area contributed by atoms with E-state index in [-0.39, 0.29) is 24.3 Å². The summed E-state index contributed by atoms with van der Waals surface area (Å²) in [7, 11) is 0. The van der Waals surface area contributed by atoms with E-state index in [0.717, 1.165) is 0 Å². The Morgan fingerprint density at radius 1 is 1.37 bits per heavy atom. The number of fused-ring (bicyclic) bond motifs is 1. The van der Waals surface area contributed by atoms with Crippen molar-refractivity contribution in [1.82, 2.24) is 15.0 Å². The Labute approximate surface area is 108 Å². The summed E-state index contributed by atoms with van der Waals surface area (Å²) in [5, 5.41) is 17.3. The molecule has 1 heterocycles. The lowest BCUT2D eigenvalue weighted by atomic mass is 10.1. The lowest BCUT2D eigenvalue weighted by Crippen LogP contribution is -2.20. The molecule has 0 fully saturated rings. The third-order valence-electron chi connectivity index (χ3n) is 2.94. The van der Waals surface area contributed by atoms with E-state index in [2.05, 4.69) is 15.0 Å². The zero-order chi connectivity index (χ0) is 14.0. The number of aliphatic hydroxyl groups excluding tert-OH is 1. The van der Waals surface area contributed by atoms with E-state index in [1.165, 1.54) is 12.1 Å². The van der Waals surface area contributed by atoms with Crippen LogP contribution in [0.25, 0.3) is 11.0 Å². The molecule has 2 aromatic rings. The topological polar surface area (TPSA) is 60.2 Å². The molecule has 7 heteroatoms. The maximum atomic E-state index is 12.2. The van der Waals surface area contributed by atoms with Gasteiger partial charge >= 0.3 is 6.61 Å². The van der Waals surface area contributed by atoms with Gasteiger partial charge in [0.05, 0.1) is 18.2 Å². The lowest BCUT2D eigenvalue weighted by molar-refractivity contribution is -0.0497. The van der Waals surface area contributed by atoms with Crippen molar-refractivity contribution in [1.29, 1.82) is 0 Å². The van der Waals surface area contributed by atoms with Crippen molar-refractivity contribution in [3.63, 3.8) is 0 Å². The molecule has 0 bridgehead atoms. The summed E-state index contributed by atoms with van der Waals surface area (Å²) in [5.41, 5.74) is 1.13. The fourth-order valence-corrected chi connectivity index (χ4v) is 1.91. The number of aliphatic hydroxyl groups is 1. The van der Waals surface area contributed by atoms with E-state index < -0.39 is 6.61 Å². The number of halogens is 2. The van der Waals surface area contributed by atoms with E-state index in [4.69, 9.17) is 0 Å². The molecule has 1 unspecified atom stereocenters. The number of nitrogens with zero attached hydrogens (tertiary/aromatic N) is 3. The van der Waals surface area contributed by atoms with Gasteiger partial charge in [-0.1, -0.05) is 19.1 Å². The summed E-state index contributed by atoms with van der Waals surface area (Å²) in [6.45, 7) is 0.901. The van der Waals surface area contributed by atoms with E-state index >= 15 is 0 Å². The van der Waals surface area contributed by atoms with Crippen LogP contribution in [0.15, 0.2) is 18.2 Å². The first-order valence-corrected chi connectivity index (χ1v) is 5.93. The van der Waals surface area contributed by atoms with Crippen LogP contribution in [0.4, 0.5) is 8.78 Å². The van der Waals surface area contributed by atoms with Crippen molar-refractivity contribution in [2.24, 2.45) is 5.92 Å². The van der Waals surface area contributed by atoms with Gasteiger partial charge in [-0.25, -0.2) is 4.68 Å². The van der Waals surface area contributed by atoms with Gasteiger partial charge < -0.3 is 9.84 Å². The van der Waals surface area contributed by atoms with Crippen LogP contribution < -0.4 is 4.74 Å². The maximum absolute atomic E-state index is 12.2. The second-order valence-corrected chi connectivity index (χ2v) is 4.56. The maximum Gasteiger partial charge on any atom is 0.387 e. The highest BCUT2D eigenvalue weighted by molar-refractivity contribution is 5.76. The number of hydrogen-bond donors (Lipinski definition) is 1. The third kappa shape index (κ3) is 2.81. The molecule has 1 aromatic heterocycles. The van der Waals surface area contributed by atoms with E-state index in [9.17, 15) is 13.9 Å². The van der Waals surface area contributed by atoms with Crippen LogP contribution >= 0.6 is 0 Å². The minimum absolute atomic E-state index is 0.0477. The van der Waals surface area contributed by atoms with Gasteiger partial charge in [-0.3, -0.25) is 0 Å². The van der Waals surface area contributed by atoms with Crippen molar-refractivity contribution >= 4 is 11.0 Å². The van der Waals surface area contributed by atoms with Crippen molar-refractivity contribution in [2.75, 3.05) is 6.61 Å². The molecule has 0 aliphatic heterocycles. The molecule has 0 saturated heterocycles. The molecule has 104 valence electrons. The van der Waals surface area contributed by atoms with Crippen LogP contribution in [0.2, 0.25) is 0 Å². The van der Waals surface area contributed by atoms with Gasteiger partial charge in [0, 0.05) is 6.07 Å². The normalized spacial score (nSPS) is 13.4. The molecule has 0 aliphatic rings. The highest BCUT2D eigenvalue weighted by Crippen LogP contribution is 2.25. The highest BCUT2D eigenvalue weighted by atomic mass is 19.3. The fraction of sp³-hybridized carbons (Fsp3) is 0.500. The molecule has 0 saturated carbocycles. The summed E-state index contributed by atoms with van der Waals surface area (Å²) in [4.78, 5) is 0. The largest absolute Gasteiger partial charge is 0.435 e. The molecule has 5 nitrogen and oxygen atoms in total. The van der Waals surface area contributed by atoms with Crippen molar-refractivity contribution < 1.29 is 18.6 Å². The number of aromatic nitrogens is 3. The first-order valence-electron chi connectivity index (χ1n) is 5.93. The average Bonchev–Trinajstić information content (AvgIpc) is 2.72. The van der Waals surface area contributed by atoms with Gasteiger partial charge in [0.15, 0.2) is 0 Å². The van der Waals surface area contributed by atoms with E-state index in [1.54, 1.807) is 10.7 Å². The highest BCUT2D eigenvalue weighted by Gasteiger charge is 2.19. The summed E-state index contributed by atoms with van der Waals surface area (Å²) in [6, 6.07) is 4.17. The standard InChI is InChI=1S/C12H15F2N3O2/c1-7(2)11(6-18)17-10-5-8(19-12(13)14)3-4-9(10)15-16-17/h3-5,7,11-12,18H,6H2,1-2H3. The minimum atomic E-state index is -2.87. The molecule has 19 heavy (non-hydrogen) atoms. The summed E-state index contributed by atoms with van der Waals surface area (Å²) in [5.74, 6) is 0.182. The average molecular weight is 271 g/mol. The Morgan fingerprint density at radius 3 is 2.68 bits per heavy atom. The third-order valence-corrected chi connectivity index (χ3v) is 2.94. The Bertz CT molecular complexity index is 557. The van der Waals surface area contributed by atoms with Crippen LogP contribution in [0.3, 0.4) is 0 Å². The van der Waals surface area contributed by atoms with Crippen molar-refractivity contribution in [3.05, 3.63) is 18.2 Å². The Hall–Kier alpha value is -1.76. The number of hydrogen-bond acceptors (Lipinski definition) is 4. The molecule has 0 aliphatic carbocycles. The summed E-state index contributed by atoms with van der Waals surface area (Å²) < 4.78 is 30.3. The molecular weight excluding hydrogens is 256 g/mol. The molecule has 0 spiro atoms. The van der Waals surface area contributed by atoms with Gasteiger partial charge in [-0.15, -0.1) is 5.10 Å². The van der Waals surface area contributed by atoms with E-state index in [1.807, 2.05) is 13.8 Å². The second kappa shape index (κ2) is 5.48. The van der Waals surface area contributed by atoms with Crippen LogP contribution in [0.5, 0.6) is 5.75 Å². The Balaban J connectivity index is 2.44. The van der Waals surface area contributed by atoms with Gasteiger partial charge in [-0.05, 0) is 18.1 Å². The SMILES string of the molecule is CC(C)C(CO)n1nnc2ccc(OC(F)F)cc21. The van der Waals surface area contributed by atoms with Gasteiger partial charge in [-0.2, -0.15) is 8.78 Å². The quantitative estimate of drug-likeness (QED) is 0.905. The molecule has 1 N–H and O–H groups in total. The molecule has 1 aromatic carbocycles. The number of benzene rings is 1. The first-order chi connectivity index (χ1) is 9.02. The van der Waals surface area contributed by atoms with Crippen LogP contribution in [0, 0.1) is 5.92 Å². The summed E-state index contributed by atoms with van der Waals surface area (Å²) >= 11 is 0. The van der Waals surface area contributed by atoms with E-state index in [0.29, 0.717) is 11.0 Å². The molecule has 2 rings (SSSR count). The predicted molar refractivity (Wildman–Crippen MR) is 65.1 cm³/mol. The predicted octanol–water partition coefficient (Wildman–Crippen LogP) is 2.22. The number of alkyl halides is 2. The van der Waals surface area contributed by atoms with Gasteiger partial charge in [0.1, 0.15) is 11.3 Å². The molecule has 1 atom stereocenters. The Kier molecular flexibility index (Phi) is 3.94.